The zero-order valence-corrected chi connectivity index (χ0v) is 14.5. The van der Waals surface area contributed by atoms with Gasteiger partial charge in [0.15, 0.2) is 5.76 Å². The van der Waals surface area contributed by atoms with Crippen LogP contribution in [0.3, 0.4) is 0 Å². The second-order valence-corrected chi connectivity index (χ2v) is 5.98. The van der Waals surface area contributed by atoms with Crippen LogP contribution in [0.25, 0.3) is 11.0 Å². The molecular formula is C20H20FNO3. The maximum atomic E-state index is 13.1. The Labute approximate surface area is 145 Å². The van der Waals surface area contributed by atoms with Crippen molar-refractivity contribution < 1.29 is 18.3 Å². The van der Waals surface area contributed by atoms with Gasteiger partial charge in [0.25, 0.3) is 5.91 Å². The average molecular weight is 341 g/mol. The van der Waals surface area contributed by atoms with Gasteiger partial charge in [0.1, 0.15) is 11.4 Å². The van der Waals surface area contributed by atoms with E-state index in [4.69, 9.17) is 9.15 Å². The maximum Gasteiger partial charge on any atom is 0.290 e. The fraction of sp³-hybridized carbons (Fsp3) is 0.250. The predicted octanol–water partition coefficient (Wildman–Crippen LogP) is 4.55. The van der Waals surface area contributed by atoms with Gasteiger partial charge in [-0.3, -0.25) is 4.79 Å². The summed E-state index contributed by atoms with van der Waals surface area (Å²) in [6, 6.07) is 13.4. The highest BCUT2D eigenvalue weighted by atomic mass is 19.1. The molecule has 2 aromatic carbocycles. The SMILES string of the molecule is COCc1c(C(=O)N(C)[C@H](C)c2ccc(F)cc2)oc2ccccc12. The third-order valence-corrected chi connectivity index (χ3v) is 4.43. The summed E-state index contributed by atoms with van der Waals surface area (Å²) in [5.41, 5.74) is 2.24. The number of benzene rings is 2. The fourth-order valence-corrected chi connectivity index (χ4v) is 2.86. The molecule has 0 aliphatic carbocycles. The van der Waals surface area contributed by atoms with Gasteiger partial charge in [-0.1, -0.05) is 30.3 Å². The van der Waals surface area contributed by atoms with Gasteiger partial charge in [-0.15, -0.1) is 0 Å². The van der Waals surface area contributed by atoms with Crippen molar-refractivity contribution in [3.05, 3.63) is 71.2 Å². The van der Waals surface area contributed by atoms with Gasteiger partial charge in [0, 0.05) is 25.1 Å². The van der Waals surface area contributed by atoms with E-state index in [9.17, 15) is 9.18 Å². The Morgan fingerprint density at radius 1 is 1.20 bits per heavy atom. The van der Waals surface area contributed by atoms with E-state index in [-0.39, 0.29) is 30.1 Å². The summed E-state index contributed by atoms with van der Waals surface area (Å²) in [5.74, 6) is -0.260. The van der Waals surface area contributed by atoms with Crippen LogP contribution in [0.15, 0.2) is 52.9 Å². The Hall–Kier alpha value is -2.66. The van der Waals surface area contributed by atoms with E-state index in [2.05, 4.69) is 0 Å². The maximum absolute atomic E-state index is 13.1. The lowest BCUT2D eigenvalue weighted by atomic mass is 10.1. The third kappa shape index (κ3) is 3.28. The summed E-state index contributed by atoms with van der Waals surface area (Å²) in [6.45, 7) is 2.18. The van der Waals surface area contributed by atoms with Gasteiger partial charge >= 0.3 is 0 Å². The normalized spacial score (nSPS) is 12.3. The quantitative estimate of drug-likeness (QED) is 0.684. The molecule has 25 heavy (non-hydrogen) atoms. The highest BCUT2D eigenvalue weighted by Gasteiger charge is 2.26. The number of halogens is 1. The number of amides is 1. The minimum Gasteiger partial charge on any atom is -0.451 e. The summed E-state index contributed by atoms with van der Waals surface area (Å²) in [7, 11) is 3.29. The van der Waals surface area contributed by atoms with Crippen LogP contribution in [0.5, 0.6) is 0 Å². The molecule has 0 N–H and O–H groups in total. The molecule has 0 radical (unpaired) electrons. The number of para-hydroxylation sites is 1. The van der Waals surface area contributed by atoms with Gasteiger partial charge in [-0.2, -0.15) is 0 Å². The molecule has 4 nitrogen and oxygen atoms in total. The molecule has 0 aliphatic heterocycles. The monoisotopic (exact) mass is 341 g/mol. The molecule has 0 saturated heterocycles. The number of methoxy groups -OCH3 is 1. The average Bonchev–Trinajstić information content (AvgIpc) is 2.99. The second kappa shape index (κ2) is 7.07. The number of furan rings is 1. The van der Waals surface area contributed by atoms with Crippen molar-refractivity contribution in [2.75, 3.05) is 14.2 Å². The molecule has 0 fully saturated rings. The Bertz CT molecular complexity index is 886. The summed E-state index contributed by atoms with van der Waals surface area (Å²) >= 11 is 0. The Morgan fingerprint density at radius 3 is 2.56 bits per heavy atom. The van der Waals surface area contributed by atoms with E-state index in [0.717, 1.165) is 16.5 Å². The molecule has 1 amide bonds. The lowest BCUT2D eigenvalue weighted by Crippen LogP contribution is -2.30. The van der Waals surface area contributed by atoms with Crippen molar-refractivity contribution in [1.82, 2.24) is 4.90 Å². The molecule has 5 heteroatoms. The third-order valence-electron chi connectivity index (χ3n) is 4.43. The molecule has 0 spiro atoms. The first-order valence-electron chi connectivity index (χ1n) is 8.05. The largest absolute Gasteiger partial charge is 0.451 e. The van der Waals surface area contributed by atoms with Crippen LogP contribution in [0.2, 0.25) is 0 Å². The lowest BCUT2D eigenvalue weighted by Gasteiger charge is -2.25. The number of hydrogen-bond acceptors (Lipinski definition) is 3. The van der Waals surface area contributed by atoms with Gasteiger partial charge < -0.3 is 14.1 Å². The van der Waals surface area contributed by atoms with Crippen LogP contribution < -0.4 is 0 Å². The number of carbonyl (C=O) groups is 1. The number of fused-ring (bicyclic) bond motifs is 1. The zero-order valence-electron chi connectivity index (χ0n) is 14.5. The van der Waals surface area contributed by atoms with E-state index in [1.807, 2.05) is 31.2 Å². The van der Waals surface area contributed by atoms with Crippen LogP contribution in [-0.4, -0.2) is 25.0 Å². The van der Waals surface area contributed by atoms with E-state index in [1.54, 1.807) is 31.2 Å². The minimum atomic E-state index is -0.301. The molecule has 1 aromatic heterocycles. The molecule has 1 heterocycles. The Balaban J connectivity index is 1.95. The van der Waals surface area contributed by atoms with E-state index in [1.165, 1.54) is 12.1 Å². The number of hydrogen-bond donors (Lipinski definition) is 0. The van der Waals surface area contributed by atoms with Crippen molar-refractivity contribution in [3.63, 3.8) is 0 Å². The van der Waals surface area contributed by atoms with Gasteiger partial charge in [0.2, 0.25) is 0 Å². The van der Waals surface area contributed by atoms with Gasteiger partial charge in [0.05, 0.1) is 12.6 Å². The van der Waals surface area contributed by atoms with E-state index in [0.29, 0.717) is 5.58 Å². The van der Waals surface area contributed by atoms with Crippen molar-refractivity contribution in [3.8, 4) is 0 Å². The minimum absolute atomic E-state index is 0.225. The lowest BCUT2D eigenvalue weighted by molar-refractivity contribution is 0.0706. The van der Waals surface area contributed by atoms with Crippen molar-refractivity contribution in [1.29, 1.82) is 0 Å². The molecule has 1 atom stereocenters. The van der Waals surface area contributed by atoms with Crippen LogP contribution in [0, 0.1) is 5.82 Å². The summed E-state index contributed by atoms with van der Waals surface area (Å²) in [5, 5.41) is 0.871. The molecule has 3 rings (SSSR count). The highest BCUT2D eigenvalue weighted by Crippen LogP contribution is 2.29. The first kappa shape index (κ1) is 17.2. The first-order valence-corrected chi connectivity index (χ1v) is 8.05. The standard InChI is InChI=1S/C20H20FNO3/c1-13(14-8-10-15(21)11-9-14)22(2)20(23)19-17(12-24-3)16-6-4-5-7-18(16)25-19/h4-11,13H,12H2,1-3H3/t13-/m1/s1. The van der Waals surface area contributed by atoms with E-state index < -0.39 is 0 Å². The van der Waals surface area contributed by atoms with Crippen LogP contribution in [-0.2, 0) is 11.3 Å². The molecule has 0 bridgehead atoms. The van der Waals surface area contributed by atoms with Crippen molar-refractivity contribution in [2.24, 2.45) is 0 Å². The van der Waals surface area contributed by atoms with Gasteiger partial charge in [-0.05, 0) is 30.7 Å². The smallest absolute Gasteiger partial charge is 0.290 e. The van der Waals surface area contributed by atoms with Crippen LogP contribution >= 0.6 is 0 Å². The highest BCUT2D eigenvalue weighted by molar-refractivity contribution is 5.99. The van der Waals surface area contributed by atoms with Crippen LogP contribution in [0.1, 0.15) is 34.6 Å². The second-order valence-electron chi connectivity index (χ2n) is 5.98. The van der Waals surface area contributed by atoms with Crippen molar-refractivity contribution >= 4 is 16.9 Å². The number of rotatable bonds is 5. The molecule has 130 valence electrons. The summed E-state index contributed by atoms with van der Waals surface area (Å²) in [6.07, 6.45) is 0. The first-order chi connectivity index (χ1) is 12.0. The summed E-state index contributed by atoms with van der Waals surface area (Å²) in [4.78, 5) is 14.6. The fourth-order valence-electron chi connectivity index (χ4n) is 2.86. The molecule has 0 unspecified atom stereocenters. The van der Waals surface area contributed by atoms with E-state index >= 15 is 0 Å². The van der Waals surface area contributed by atoms with Gasteiger partial charge in [-0.25, -0.2) is 4.39 Å². The molecule has 3 aromatic rings. The predicted molar refractivity (Wildman–Crippen MR) is 93.8 cm³/mol. The van der Waals surface area contributed by atoms with Crippen LogP contribution in [0.4, 0.5) is 4.39 Å². The Morgan fingerprint density at radius 2 is 1.88 bits per heavy atom. The molecular weight excluding hydrogens is 321 g/mol. The Kier molecular flexibility index (Phi) is 4.86. The summed E-state index contributed by atoms with van der Waals surface area (Å²) < 4.78 is 24.2. The zero-order chi connectivity index (χ0) is 18.0. The molecule has 0 aliphatic rings. The van der Waals surface area contributed by atoms with Crippen molar-refractivity contribution in [2.45, 2.75) is 19.6 Å². The number of carbonyl (C=O) groups excluding carboxylic acids is 1. The molecule has 0 saturated carbocycles. The number of nitrogens with zero attached hydrogens (tertiary/aromatic N) is 1. The number of ether oxygens (including phenoxy) is 1. The topological polar surface area (TPSA) is 42.7 Å².